The van der Waals surface area contributed by atoms with Crippen LogP contribution < -0.4 is 10.6 Å². The van der Waals surface area contributed by atoms with Crippen molar-refractivity contribution in [2.24, 2.45) is 0 Å². The van der Waals surface area contributed by atoms with E-state index in [1.54, 1.807) is 20.8 Å². The van der Waals surface area contributed by atoms with Gasteiger partial charge >= 0.3 is 6.09 Å². The number of benzene rings is 1. The topological polar surface area (TPSA) is 67.4 Å². The minimum Gasteiger partial charge on any atom is -0.444 e. The molecular formula is C13H17FN2O3. The molecule has 0 aliphatic rings. The van der Waals surface area contributed by atoms with Crippen molar-refractivity contribution < 1.29 is 18.7 Å². The van der Waals surface area contributed by atoms with E-state index in [4.69, 9.17) is 4.74 Å². The Morgan fingerprint density at radius 1 is 1.26 bits per heavy atom. The molecule has 0 radical (unpaired) electrons. The molecule has 0 aromatic heterocycles. The van der Waals surface area contributed by atoms with Crippen LogP contribution >= 0.6 is 0 Å². The summed E-state index contributed by atoms with van der Waals surface area (Å²) in [4.78, 5) is 22.8. The molecule has 1 aromatic carbocycles. The number of anilines is 1. The van der Waals surface area contributed by atoms with Crippen molar-refractivity contribution in [3.8, 4) is 0 Å². The number of halogens is 1. The van der Waals surface area contributed by atoms with Crippen LogP contribution in [0.5, 0.6) is 0 Å². The van der Waals surface area contributed by atoms with Crippen LogP contribution in [-0.2, 0) is 4.74 Å². The second-order valence-corrected chi connectivity index (χ2v) is 4.90. The van der Waals surface area contributed by atoms with Gasteiger partial charge in [0.05, 0.1) is 5.69 Å². The Labute approximate surface area is 111 Å². The van der Waals surface area contributed by atoms with Gasteiger partial charge in [0.1, 0.15) is 11.4 Å². The standard InChI is InChI=1S/C13H17FN2O3/c1-13(2,3)19-12(18)16-10-6-5-8(7-9(10)14)11(17)15-4/h5-7H,1-4H3,(H,15,17)(H,16,18). The number of amides is 2. The van der Waals surface area contributed by atoms with E-state index in [0.29, 0.717) is 0 Å². The second-order valence-electron chi connectivity index (χ2n) is 4.90. The molecule has 0 aliphatic carbocycles. The lowest BCUT2D eigenvalue weighted by atomic mass is 10.2. The molecule has 2 N–H and O–H groups in total. The van der Waals surface area contributed by atoms with Gasteiger partial charge in [0.15, 0.2) is 0 Å². The van der Waals surface area contributed by atoms with Crippen LogP contribution in [0.1, 0.15) is 31.1 Å². The third kappa shape index (κ3) is 4.57. The first-order valence-electron chi connectivity index (χ1n) is 5.74. The molecule has 0 aliphatic heterocycles. The van der Waals surface area contributed by atoms with Crippen LogP contribution in [-0.4, -0.2) is 24.6 Å². The number of carbonyl (C=O) groups is 2. The van der Waals surface area contributed by atoms with E-state index in [1.807, 2.05) is 0 Å². The Morgan fingerprint density at radius 3 is 2.37 bits per heavy atom. The van der Waals surface area contributed by atoms with E-state index in [2.05, 4.69) is 10.6 Å². The third-order valence-corrected chi connectivity index (χ3v) is 2.09. The van der Waals surface area contributed by atoms with Gasteiger partial charge in [-0.05, 0) is 39.0 Å². The van der Waals surface area contributed by atoms with Crippen molar-refractivity contribution in [2.45, 2.75) is 26.4 Å². The quantitative estimate of drug-likeness (QED) is 0.866. The Bertz CT molecular complexity index is 495. The molecule has 1 rings (SSSR count). The van der Waals surface area contributed by atoms with Gasteiger partial charge in [-0.25, -0.2) is 9.18 Å². The van der Waals surface area contributed by atoms with Crippen molar-refractivity contribution in [1.82, 2.24) is 5.32 Å². The summed E-state index contributed by atoms with van der Waals surface area (Å²) in [5.74, 6) is -1.10. The predicted molar refractivity (Wildman–Crippen MR) is 69.6 cm³/mol. The summed E-state index contributed by atoms with van der Waals surface area (Å²) in [6.45, 7) is 5.12. The zero-order chi connectivity index (χ0) is 14.6. The predicted octanol–water partition coefficient (Wildman–Crippen LogP) is 2.53. The van der Waals surface area contributed by atoms with E-state index < -0.39 is 23.4 Å². The molecule has 1 aromatic rings. The minimum absolute atomic E-state index is 0.0399. The second kappa shape index (κ2) is 5.69. The lowest BCUT2D eigenvalue weighted by Gasteiger charge is -2.19. The molecule has 19 heavy (non-hydrogen) atoms. The maximum Gasteiger partial charge on any atom is 0.412 e. The molecule has 0 saturated heterocycles. The van der Waals surface area contributed by atoms with Gasteiger partial charge in [0.2, 0.25) is 0 Å². The maximum absolute atomic E-state index is 13.7. The maximum atomic E-state index is 13.7. The summed E-state index contributed by atoms with van der Waals surface area (Å²) < 4.78 is 18.7. The number of rotatable bonds is 2. The largest absolute Gasteiger partial charge is 0.444 e. The Kier molecular flexibility index (Phi) is 4.47. The molecule has 0 unspecified atom stereocenters. The highest BCUT2D eigenvalue weighted by Crippen LogP contribution is 2.17. The highest BCUT2D eigenvalue weighted by atomic mass is 19.1. The summed E-state index contributed by atoms with van der Waals surface area (Å²) >= 11 is 0. The molecule has 0 spiro atoms. The van der Waals surface area contributed by atoms with E-state index in [1.165, 1.54) is 19.2 Å². The van der Waals surface area contributed by atoms with E-state index in [0.717, 1.165) is 6.07 Å². The summed E-state index contributed by atoms with van der Waals surface area (Å²) in [6, 6.07) is 3.77. The average Bonchev–Trinajstić information content (AvgIpc) is 2.28. The summed E-state index contributed by atoms with van der Waals surface area (Å²) in [6.07, 6.45) is -0.751. The van der Waals surface area contributed by atoms with E-state index >= 15 is 0 Å². The molecule has 0 saturated carbocycles. The van der Waals surface area contributed by atoms with Gasteiger partial charge in [-0.15, -0.1) is 0 Å². The summed E-state index contributed by atoms with van der Waals surface area (Å²) in [7, 11) is 1.45. The smallest absolute Gasteiger partial charge is 0.412 e. The van der Waals surface area contributed by atoms with E-state index in [-0.39, 0.29) is 11.3 Å². The SMILES string of the molecule is CNC(=O)c1ccc(NC(=O)OC(C)(C)C)c(F)c1. The number of nitrogens with one attached hydrogen (secondary N) is 2. The Balaban J connectivity index is 2.81. The van der Waals surface area contributed by atoms with Crippen molar-refractivity contribution >= 4 is 17.7 Å². The van der Waals surface area contributed by atoms with Crippen LogP contribution in [0.15, 0.2) is 18.2 Å². The molecule has 5 nitrogen and oxygen atoms in total. The molecular weight excluding hydrogens is 251 g/mol. The lowest BCUT2D eigenvalue weighted by Crippen LogP contribution is -2.27. The Morgan fingerprint density at radius 2 is 1.89 bits per heavy atom. The first kappa shape index (κ1) is 14.9. The van der Waals surface area contributed by atoms with Crippen LogP contribution in [0, 0.1) is 5.82 Å². The van der Waals surface area contributed by atoms with Gasteiger partial charge < -0.3 is 10.1 Å². The lowest BCUT2D eigenvalue weighted by molar-refractivity contribution is 0.0635. The normalized spacial score (nSPS) is 10.8. The highest BCUT2D eigenvalue weighted by molar-refractivity contribution is 5.95. The number of carbonyl (C=O) groups excluding carboxylic acids is 2. The van der Waals surface area contributed by atoms with Crippen molar-refractivity contribution in [1.29, 1.82) is 0 Å². The van der Waals surface area contributed by atoms with Gasteiger partial charge in [-0.3, -0.25) is 10.1 Å². The van der Waals surface area contributed by atoms with Crippen LogP contribution in [0.25, 0.3) is 0 Å². The molecule has 0 bridgehead atoms. The molecule has 0 heterocycles. The monoisotopic (exact) mass is 268 g/mol. The molecule has 2 amide bonds. The molecule has 104 valence electrons. The third-order valence-electron chi connectivity index (χ3n) is 2.09. The zero-order valence-corrected chi connectivity index (χ0v) is 11.3. The summed E-state index contributed by atoms with van der Waals surface area (Å²) in [5, 5.41) is 4.67. The van der Waals surface area contributed by atoms with Gasteiger partial charge in [0, 0.05) is 12.6 Å². The van der Waals surface area contributed by atoms with Crippen molar-refractivity contribution in [2.75, 3.05) is 12.4 Å². The fourth-order valence-electron chi connectivity index (χ4n) is 1.32. The fraction of sp³-hybridized carbons (Fsp3) is 0.385. The van der Waals surface area contributed by atoms with Crippen LogP contribution in [0.2, 0.25) is 0 Å². The summed E-state index contributed by atoms with van der Waals surface area (Å²) in [5.41, 5.74) is -0.528. The van der Waals surface area contributed by atoms with Crippen molar-refractivity contribution in [3.05, 3.63) is 29.6 Å². The first-order chi connectivity index (χ1) is 8.73. The number of hydrogen-bond donors (Lipinski definition) is 2. The van der Waals surface area contributed by atoms with Gasteiger partial charge in [0.25, 0.3) is 5.91 Å². The highest BCUT2D eigenvalue weighted by Gasteiger charge is 2.17. The van der Waals surface area contributed by atoms with Gasteiger partial charge in [-0.1, -0.05) is 0 Å². The average molecular weight is 268 g/mol. The number of ether oxygens (including phenoxy) is 1. The van der Waals surface area contributed by atoms with E-state index in [9.17, 15) is 14.0 Å². The molecule has 0 atom stereocenters. The number of hydrogen-bond acceptors (Lipinski definition) is 3. The van der Waals surface area contributed by atoms with Gasteiger partial charge in [-0.2, -0.15) is 0 Å². The van der Waals surface area contributed by atoms with Crippen LogP contribution in [0.3, 0.4) is 0 Å². The van der Waals surface area contributed by atoms with Crippen molar-refractivity contribution in [3.63, 3.8) is 0 Å². The Hall–Kier alpha value is -2.11. The zero-order valence-electron chi connectivity index (χ0n) is 11.3. The minimum atomic E-state index is -0.751. The first-order valence-corrected chi connectivity index (χ1v) is 5.74. The van der Waals surface area contributed by atoms with Crippen LogP contribution in [0.4, 0.5) is 14.9 Å². The molecule has 6 heteroatoms. The molecule has 0 fully saturated rings. The fourth-order valence-corrected chi connectivity index (χ4v) is 1.32.